The zero-order valence-corrected chi connectivity index (χ0v) is 14.4. The van der Waals surface area contributed by atoms with E-state index >= 15 is 0 Å². The average molecular weight is 355 g/mol. The first-order valence-corrected chi connectivity index (χ1v) is 9.25. The molecule has 2 saturated carbocycles. The summed E-state index contributed by atoms with van der Waals surface area (Å²) < 4.78 is 1.79. The van der Waals surface area contributed by atoms with Crippen LogP contribution in [0.15, 0.2) is 4.47 Å². The van der Waals surface area contributed by atoms with Gasteiger partial charge in [-0.15, -0.1) is 0 Å². The van der Waals surface area contributed by atoms with E-state index in [1.165, 1.54) is 69.9 Å². The maximum atomic E-state index is 5.49. The molecule has 2 aliphatic carbocycles. The highest BCUT2D eigenvalue weighted by atomic mass is 79.9. The van der Waals surface area contributed by atoms with Gasteiger partial charge < -0.3 is 4.98 Å². The van der Waals surface area contributed by atoms with Gasteiger partial charge in [-0.2, -0.15) is 0 Å². The van der Waals surface area contributed by atoms with Gasteiger partial charge in [-0.05, 0) is 41.6 Å². The van der Waals surface area contributed by atoms with Gasteiger partial charge in [-0.1, -0.05) is 50.7 Å². The van der Waals surface area contributed by atoms with Gasteiger partial charge >= 0.3 is 0 Å². The molecule has 0 atom stereocenters. The third kappa shape index (κ3) is 3.16. The van der Waals surface area contributed by atoms with Gasteiger partial charge in [0.25, 0.3) is 0 Å². The Morgan fingerprint density at radius 1 is 0.900 bits per heavy atom. The fourth-order valence-corrected chi connectivity index (χ4v) is 4.46. The van der Waals surface area contributed by atoms with Crippen molar-refractivity contribution < 1.29 is 0 Å². The Labute approximate surface area is 134 Å². The Morgan fingerprint density at radius 2 is 1.45 bits per heavy atom. The quantitative estimate of drug-likeness (QED) is 0.521. The van der Waals surface area contributed by atoms with Gasteiger partial charge in [0, 0.05) is 17.5 Å². The topological polar surface area (TPSA) is 28.7 Å². The number of rotatable bonds is 2. The van der Waals surface area contributed by atoms with Crippen LogP contribution in [0.1, 0.15) is 87.6 Å². The summed E-state index contributed by atoms with van der Waals surface area (Å²) in [5, 5.41) is 0. The lowest BCUT2D eigenvalue weighted by molar-refractivity contribution is 0.549. The lowest BCUT2D eigenvalue weighted by Gasteiger charge is -2.18. The van der Waals surface area contributed by atoms with E-state index in [4.69, 9.17) is 12.2 Å². The minimum absolute atomic E-state index is 0.590. The molecule has 1 N–H and O–H groups in total. The van der Waals surface area contributed by atoms with Crippen molar-refractivity contribution in [1.82, 2.24) is 9.97 Å². The molecule has 1 aromatic heterocycles. The molecule has 4 heteroatoms. The molecule has 2 nitrogen and oxygen atoms in total. The van der Waals surface area contributed by atoms with Crippen LogP contribution in [0.2, 0.25) is 0 Å². The van der Waals surface area contributed by atoms with Crippen molar-refractivity contribution in [2.75, 3.05) is 0 Å². The normalized spacial score (nSPS) is 22.1. The Morgan fingerprint density at radius 3 is 2.10 bits per heavy atom. The molecule has 0 spiro atoms. The fraction of sp³-hybridized carbons (Fsp3) is 0.750. The molecule has 0 aliphatic heterocycles. The minimum atomic E-state index is 0.590. The van der Waals surface area contributed by atoms with Crippen molar-refractivity contribution in [2.24, 2.45) is 0 Å². The summed E-state index contributed by atoms with van der Waals surface area (Å²) in [5.74, 6) is 2.40. The number of hydrogen-bond acceptors (Lipinski definition) is 2. The summed E-state index contributed by atoms with van der Waals surface area (Å²) in [4.78, 5) is 8.35. The second kappa shape index (κ2) is 6.69. The fourth-order valence-electron chi connectivity index (χ4n) is 3.74. The van der Waals surface area contributed by atoms with Crippen molar-refractivity contribution in [3.63, 3.8) is 0 Å². The molecule has 0 radical (unpaired) electrons. The van der Waals surface area contributed by atoms with Crippen molar-refractivity contribution in [3.05, 3.63) is 20.6 Å². The zero-order valence-electron chi connectivity index (χ0n) is 12.0. The first kappa shape index (κ1) is 14.7. The van der Waals surface area contributed by atoms with Crippen LogP contribution >= 0.6 is 28.1 Å². The molecule has 110 valence electrons. The predicted molar refractivity (Wildman–Crippen MR) is 88.8 cm³/mol. The second-order valence-electron chi connectivity index (χ2n) is 6.32. The Kier molecular flexibility index (Phi) is 4.92. The number of hydrogen-bond donors (Lipinski definition) is 1. The number of halogens is 1. The zero-order chi connectivity index (χ0) is 13.9. The molecular formula is C16H23BrN2S. The van der Waals surface area contributed by atoms with Crippen molar-refractivity contribution in [3.8, 4) is 0 Å². The van der Waals surface area contributed by atoms with E-state index in [1.54, 1.807) is 0 Å². The number of nitrogens with zero attached hydrogens (tertiary/aromatic N) is 1. The molecule has 0 unspecified atom stereocenters. The van der Waals surface area contributed by atoms with E-state index < -0.39 is 0 Å². The summed E-state index contributed by atoms with van der Waals surface area (Å²) in [6.07, 6.45) is 13.2. The SMILES string of the molecule is S=c1nc(C2CCCCCC2)[nH]c(C2CCCC2)c1Br. The molecule has 3 rings (SSSR count). The highest BCUT2D eigenvalue weighted by molar-refractivity contribution is 9.10. The number of aromatic nitrogens is 2. The van der Waals surface area contributed by atoms with Crippen molar-refractivity contribution >= 4 is 28.1 Å². The second-order valence-corrected chi connectivity index (χ2v) is 7.50. The van der Waals surface area contributed by atoms with E-state index in [1.807, 2.05) is 0 Å². The molecule has 0 aromatic carbocycles. The first-order chi connectivity index (χ1) is 9.75. The standard InChI is InChI=1S/C16H23BrN2S/c17-13-14(11-7-5-6-8-11)18-15(19-16(13)20)12-9-3-1-2-4-10-12/h11-12H,1-10H2,(H,18,19,20). The van der Waals surface area contributed by atoms with Crippen LogP contribution in [-0.2, 0) is 0 Å². The van der Waals surface area contributed by atoms with E-state index in [-0.39, 0.29) is 0 Å². The minimum Gasteiger partial charge on any atom is -0.346 e. The van der Waals surface area contributed by atoms with Crippen LogP contribution < -0.4 is 0 Å². The summed E-state index contributed by atoms with van der Waals surface area (Å²) in [5.41, 5.74) is 1.32. The van der Waals surface area contributed by atoms with Gasteiger partial charge in [0.2, 0.25) is 0 Å². The molecule has 0 bridgehead atoms. The van der Waals surface area contributed by atoms with Crippen LogP contribution in [0.25, 0.3) is 0 Å². The third-order valence-corrected chi connectivity index (χ3v) is 6.27. The number of aromatic amines is 1. The van der Waals surface area contributed by atoms with Gasteiger partial charge in [-0.3, -0.25) is 0 Å². The molecule has 0 amide bonds. The summed E-state index contributed by atoms with van der Waals surface area (Å²) in [7, 11) is 0. The summed E-state index contributed by atoms with van der Waals surface area (Å²) in [6, 6.07) is 0. The third-order valence-electron chi connectivity index (χ3n) is 4.91. The highest BCUT2D eigenvalue weighted by Gasteiger charge is 2.24. The van der Waals surface area contributed by atoms with Gasteiger partial charge in [0.1, 0.15) is 10.5 Å². The predicted octanol–water partition coefficient (Wildman–Crippen LogP) is 6.00. The maximum absolute atomic E-state index is 5.49. The largest absolute Gasteiger partial charge is 0.346 e. The van der Waals surface area contributed by atoms with E-state index in [9.17, 15) is 0 Å². The van der Waals surface area contributed by atoms with E-state index in [0.29, 0.717) is 11.8 Å². The Bertz CT molecular complexity index is 512. The molecular weight excluding hydrogens is 332 g/mol. The molecule has 20 heavy (non-hydrogen) atoms. The summed E-state index contributed by atoms with van der Waals surface area (Å²) >= 11 is 9.15. The first-order valence-electron chi connectivity index (χ1n) is 8.05. The Hall–Kier alpha value is -0.220. The maximum Gasteiger partial charge on any atom is 0.144 e. The van der Waals surface area contributed by atoms with Gasteiger partial charge in [0.05, 0.1) is 4.47 Å². The lowest BCUT2D eigenvalue weighted by atomic mass is 9.98. The van der Waals surface area contributed by atoms with Crippen LogP contribution in [0.3, 0.4) is 0 Å². The Balaban J connectivity index is 1.92. The number of H-pyrrole nitrogens is 1. The number of nitrogens with one attached hydrogen (secondary N) is 1. The summed E-state index contributed by atoms with van der Waals surface area (Å²) in [6.45, 7) is 0. The van der Waals surface area contributed by atoms with Crippen LogP contribution in [0.5, 0.6) is 0 Å². The monoisotopic (exact) mass is 354 g/mol. The van der Waals surface area contributed by atoms with Gasteiger partial charge in [0.15, 0.2) is 0 Å². The molecule has 1 heterocycles. The van der Waals surface area contributed by atoms with Crippen molar-refractivity contribution in [1.29, 1.82) is 0 Å². The molecule has 1 aromatic rings. The van der Waals surface area contributed by atoms with Crippen LogP contribution in [0, 0.1) is 4.64 Å². The average Bonchev–Trinajstić information content (AvgIpc) is 2.84. The van der Waals surface area contributed by atoms with E-state index in [0.717, 1.165) is 14.9 Å². The lowest BCUT2D eigenvalue weighted by Crippen LogP contribution is -2.09. The van der Waals surface area contributed by atoms with Gasteiger partial charge in [-0.25, -0.2) is 4.98 Å². The van der Waals surface area contributed by atoms with Crippen LogP contribution in [0.4, 0.5) is 0 Å². The smallest absolute Gasteiger partial charge is 0.144 e. The molecule has 2 aliphatic rings. The van der Waals surface area contributed by atoms with Crippen LogP contribution in [-0.4, -0.2) is 9.97 Å². The molecule has 0 saturated heterocycles. The molecule has 2 fully saturated rings. The highest BCUT2D eigenvalue weighted by Crippen LogP contribution is 2.38. The van der Waals surface area contributed by atoms with E-state index in [2.05, 4.69) is 25.9 Å². The van der Waals surface area contributed by atoms with Crippen molar-refractivity contribution in [2.45, 2.75) is 76.0 Å².